The molecule has 0 fully saturated rings. The molecule has 0 atom stereocenters. The van der Waals surface area contributed by atoms with Crippen LogP contribution in [0, 0.1) is 6.92 Å². The summed E-state index contributed by atoms with van der Waals surface area (Å²) in [6.45, 7) is 4.31. The van der Waals surface area contributed by atoms with Gasteiger partial charge in [0.05, 0.1) is 17.7 Å². The van der Waals surface area contributed by atoms with Gasteiger partial charge in [-0.1, -0.05) is 29.8 Å². The zero-order valence-electron chi connectivity index (χ0n) is 17.1. The second-order valence-corrected chi connectivity index (χ2v) is 8.96. The number of anilines is 2. The minimum absolute atomic E-state index is 0.202. The maximum atomic E-state index is 12.4. The van der Waals surface area contributed by atoms with Crippen molar-refractivity contribution < 1.29 is 18.0 Å². The van der Waals surface area contributed by atoms with E-state index < -0.39 is 22.5 Å². The molecule has 10 heteroatoms. The van der Waals surface area contributed by atoms with Crippen LogP contribution in [0.3, 0.4) is 0 Å². The van der Waals surface area contributed by atoms with Crippen molar-refractivity contribution in [1.82, 2.24) is 5.43 Å². The Morgan fingerprint density at radius 1 is 1.13 bits per heavy atom. The van der Waals surface area contributed by atoms with E-state index in [4.69, 9.17) is 11.6 Å². The number of benzene rings is 2. The normalized spacial score (nSPS) is 11.7. The number of hydrogen-bond donors (Lipinski definition) is 2. The molecule has 0 saturated heterocycles. The maximum absolute atomic E-state index is 12.4. The lowest BCUT2D eigenvalue weighted by Gasteiger charge is -2.23. The molecule has 2 amide bonds. The Balaban J connectivity index is 2.18. The zero-order valence-corrected chi connectivity index (χ0v) is 18.6. The number of halogens is 1. The van der Waals surface area contributed by atoms with Crippen LogP contribution in [0.4, 0.5) is 11.4 Å². The number of hydrazone groups is 1. The fourth-order valence-corrected chi connectivity index (χ4v) is 3.73. The highest BCUT2D eigenvalue weighted by Crippen LogP contribution is 2.27. The lowest BCUT2D eigenvalue weighted by molar-refractivity contribution is -0.119. The molecular formula is C20H23ClN4O4S. The molecule has 0 aliphatic carbocycles. The topological polar surface area (TPSA) is 108 Å². The van der Waals surface area contributed by atoms with Crippen LogP contribution in [0.25, 0.3) is 0 Å². The highest BCUT2D eigenvalue weighted by atomic mass is 35.5. The average molecular weight is 451 g/mol. The summed E-state index contributed by atoms with van der Waals surface area (Å²) in [4.78, 5) is 23.6. The summed E-state index contributed by atoms with van der Waals surface area (Å²) in [6.07, 6.45) is 1.02. The van der Waals surface area contributed by atoms with Crippen LogP contribution in [-0.2, 0) is 19.6 Å². The zero-order chi connectivity index (χ0) is 22.5. The highest BCUT2D eigenvalue weighted by molar-refractivity contribution is 7.92. The summed E-state index contributed by atoms with van der Waals surface area (Å²) in [5.74, 6) is -0.815. The van der Waals surface area contributed by atoms with Crippen LogP contribution >= 0.6 is 11.6 Å². The van der Waals surface area contributed by atoms with E-state index in [0.29, 0.717) is 33.2 Å². The fourth-order valence-electron chi connectivity index (χ4n) is 2.65. The van der Waals surface area contributed by atoms with Crippen LogP contribution in [0.2, 0.25) is 5.02 Å². The van der Waals surface area contributed by atoms with Gasteiger partial charge in [-0.3, -0.25) is 13.9 Å². The van der Waals surface area contributed by atoms with E-state index in [1.807, 2.05) is 0 Å². The summed E-state index contributed by atoms with van der Waals surface area (Å²) in [6, 6.07) is 11.8. The molecule has 2 aromatic rings. The Bertz CT molecular complexity index is 1100. The minimum Gasteiger partial charge on any atom is -0.326 e. The summed E-state index contributed by atoms with van der Waals surface area (Å²) >= 11 is 6.09. The predicted octanol–water partition coefficient (Wildman–Crippen LogP) is 2.91. The van der Waals surface area contributed by atoms with Crippen molar-refractivity contribution in [3.05, 3.63) is 58.6 Å². The number of hydrogen-bond acceptors (Lipinski definition) is 5. The second kappa shape index (κ2) is 9.73. The van der Waals surface area contributed by atoms with E-state index in [-0.39, 0.29) is 5.91 Å². The van der Waals surface area contributed by atoms with Gasteiger partial charge in [0.2, 0.25) is 15.9 Å². The molecule has 0 heterocycles. The largest absolute Gasteiger partial charge is 0.326 e. The van der Waals surface area contributed by atoms with Crippen LogP contribution in [0.5, 0.6) is 0 Å². The number of amides is 2. The molecule has 2 rings (SSSR count). The third kappa shape index (κ3) is 6.30. The van der Waals surface area contributed by atoms with Crippen LogP contribution < -0.4 is 15.0 Å². The number of sulfonamides is 1. The molecule has 2 aromatic carbocycles. The van der Waals surface area contributed by atoms with Gasteiger partial charge in [0.25, 0.3) is 5.91 Å². The van der Waals surface area contributed by atoms with Crippen LogP contribution in [-0.4, -0.2) is 38.7 Å². The molecule has 2 N–H and O–H groups in total. The molecule has 0 unspecified atom stereocenters. The third-order valence-electron chi connectivity index (χ3n) is 4.14. The van der Waals surface area contributed by atoms with E-state index in [2.05, 4.69) is 15.8 Å². The lowest BCUT2D eigenvalue weighted by atomic mass is 10.1. The Hall–Kier alpha value is -2.91. The fraction of sp³-hybridized carbons (Fsp3) is 0.250. The molecule has 0 spiro atoms. The molecule has 8 nitrogen and oxygen atoms in total. The van der Waals surface area contributed by atoms with Crippen molar-refractivity contribution >= 4 is 50.5 Å². The van der Waals surface area contributed by atoms with Gasteiger partial charge in [-0.2, -0.15) is 5.10 Å². The number of rotatable bonds is 7. The van der Waals surface area contributed by atoms with E-state index in [1.165, 1.54) is 6.92 Å². The van der Waals surface area contributed by atoms with Crippen molar-refractivity contribution in [1.29, 1.82) is 0 Å². The molecule has 0 aliphatic heterocycles. The van der Waals surface area contributed by atoms with Gasteiger partial charge in [0.15, 0.2) is 0 Å². The molecule has 0 radical (unpaired) electrons. The van der Waals surface area contributed by atoms with E-state index in [0.717, 1.165) is 10.6 Å². The van der Waals surface area contributed by atoms with Gasteiger partial charge in [0, 0.05) is 17.6 Å². The second-order valence-electron chi connectivity index (χ2n) is 6.65. The highest BCUT2D eigenvalue weighted by Gasteiger charge is 2.23. The maximum Gasteiger partial charge on any atom is 0.260 e. The first-order valence-electron chi connectivity index (χ1n) is 8.93. The van der Waals surface area contributed by atoms with Gasteiger partial charge in [-0.05, 0) is 49.2 Å². The van der Waals surface area contributed by atoms with Crippen LogP contribution in [0.1, 0.15) is 25.0 Å². The quantitative estimate of drug-likeness (QED) is 0.499. The summed E-state index contributed by atoms with van der Waals surface area (Å²) in [5, 5.41) is 7.11. The van der Waals surface area contributed by atoms with Gasteiger partial charge >= 0.3 is 0 Å². The number of nitrogens with zero attached hydrogens (tertiary/aromatic N) is 2. The first-order chi connectivity index (χ1) is 14.0. The van der Waals surface area contributed by atoms with Gasteiger partial charge in [-0.25, -0.2) is 13.8 Å². The van der Waals surface area contributed by atoms with Gasteiger partial charge < -0.3 is 5.32 Å². The Morgan fingerprint density at radius 3 is 2.43 bits per heavy atom. The number of carbonyl (C=O) groups excluding carboxylic acids is 2. The first kappa shape index (κ1) is 23.4. The third-order valence-corrected chi connectivity index (χ3v) is 5.68. The van der Waals surface area contributed by atoms with Crippen LogP contribution in [0.15, 0.2) is 47.6 Å². The summed E-state index contributed by atoms with van der Waals surface area (Å²) in [7, 11) is -3.73. The predicted molar refractivity (Wildman–Crippen MR) is 119 cm³/mol. The first-order valence-corrected chi connectivity index (χ1v) is 11.2. The standard InChI is InChI=1S/C20H23ClN4O4S/c1-13-18(21)9-6-10-19(13)25(30(4,28)29)12-20(27)24-23-14(2)16-7-5-8-17(11-16)22-15(3)26/h5-11H,12H2,1-4H3,(H,22,26)(H,24,27)/b23-14-. The molecule has 30 heavy (non-hydrogen) atoms. The Morgan fingerprint density at radius 2 is 1.80 bits per heavy atom. The Kier molecular flexibility index (Phi) is 7.58. The van der Waals surface area contributed by atoms with E-state index >= 15 is 0 Å². The van der Waals surface area contributed by atoms with Crippen molar-refractivity contribution in [3.63, 3.8) is 0 Å². The smallest absolute Gasteiger partial charge is 0.260 e. The minimum atomic E-state index is -3.73. The van der Waals surface area contributed by atoms with E-state index in [1.54, 1.807) is 56.3 Å². The molecule has 0 saturated carbocycles. The molecule has 0 bridgehead atoms. The van der Waals surface area contributed by atoms with Crippen molar-refractivity contribution in [2.24, 2.45) is 5.10 Å². The lowest BCUT2D eigenvalue weighted by Crippen LogP contribution is -2.39. The molecule has 0 aliphatic rings. The van der Waals surface area contributed by atoms with Gasteiger partial charge in [0.1, 0.15) is 6.54 Å². The van der Waals surface area contributed by atoms with E-state index in [9.17, 15) is 18.0 Å². The van der Waals surface area contributed by atoms with Crippen molar-refractivity contribution in [3.8, 4) is 0 Å². The number of nitrogens with one attached hydrogen (secondary N) is 2. The molecule has 160 valence electrons. The Labute approximate surface area is 181 Å². The summed E-state index contributed by atoms with van der Waals surface area (Å²) < 4.78 is 25.5. The monoisotopic (exact) mass is 450 g/mol. The molecular weight excluding hydrogens is 428 g/mol. The summed E-state index contributed by atoms with van der Waals surface area (Å²) in [5.41, 5.74) is 5.01. The molecule has 0 aromatic heterocycles. The SMILES string of the molecule is CC(=O)Nc1cccc(/C(C)=N\NC(=O)CN(c2cccc(Cl)c2C)S(C)(=O)=O)c1. The van der Waals surface area contributed by atoms with Crippen molar-refractivity contribution in [2.45, 2.75) is 20.8 Å². The van der Waals surface area contributed by atoms with Crippen molar-refractivity contribution in [2.75, 3.05) is 22.4 Å². The average Bonchev–Trinajstić information content (AvgIpc) is 2.65. The number of carbonyl (C=O) groups is 2. The van der Waals surface area contributed by atoms with Gasteiger partial charge in [-0.15, -0.1) is 0 Å².